The molecule has 1 heterocycles. The number of amides is 1. The molecule has 1 fully saturated rings. The van der Waals surface area contributed by atoms with Gasteiger partial charge in [0.15, 0.2) is 0 Å². The Kier molecular flexibility index (Phi) is 7.92. The molecule has 1 amide bonds. The lowest BCUT2D eigenvalue weighted by Crippen LogP contribution is -2.35. The number of likely N-dealkylation sites (N-methyl/N-ethyl adjacent to an activating group) is 1. The topological polar surface area (TPSA) is 70.1 Å². The normalized spacial score (nSPS) is 17.8. The molecule has 0 radical (unpaired) electrons. The van der Waals surface area contributed by atoms with Crippen LogP contribution in [0.3, 0.4) is 0 Å². The van der Waals surface area contributed by atoms with E-state index in [1.807, 2.05) is 57.1 Å². The second-order valence-electron chi connectivity index (χ2n) is 8.72. The van der Waals surface area contributed by atoms with Crippen molar-refractivity contribution in [3.8, 4) is 5.75 Å². The second-order valence-corrected chi connectivity index (χ2v) is 8.72. The molecule has 1 unspecified atom stereocenters. The fourth-order valence-electron chi connectivity index (χ4n) is 4.03. The maximum Gasteiger partial charge on any atom is 0.295 e. The van der Waals surface area contributed by atoms with Crippen molar-refractivity contribution in [3.05, 3.63) is 70.3 Å². The number of aliphatic hydroxyl groups excluding tert-OH is 1. The van der Waals surface area contributed by atoms with Crippen LogP contribution < -0.4 is 4.74 Å². The van der Waals surface area contributed by atoms with Crippen LogP contribution in [0.1, 0.15) is 48.6 Å². The van der Waals surface area contributed by atoms with Crippen LogP contribution >= 0.6 is 0 Å². The van der Waals surface area contributed by atoms with Gasteiger partial charge in [-0.2, -0.15) is 0 Å². The molecular weight excluding hydrogens is 416 g/mol. The number of carbonyl (C=O) groups excluding carboxylic acids is 2. The Bertz CT molecular complexity index is 1040. The van der Waals surface area contributed by atoms with Crippen molar-refractivity contribution in [2.24, 2.45) is 0 Å². The number of likely N-dealkylation sites (tertiary alicyclic amines) is 1. The number of hydrogen-bond donors (Lipinski definition) is 1. The van der Waals surface area contributed by atoms with E-state index < -0.39 is 17.7 Å². The zero-order valence-corrected chi connectivity index (χ0v) is 20.2. The third-order valence-corrected chi connectivity index (χ3v) is 5.94. The number of nitrogens with zero attached hydrogens (tertiary/aromatic N) is 2. The molecule has 0 bridgehead atoms. The molecular formula is C27H34N2O4. The number of benzene rings is 2. The number of Topliss-reactive ketones (excluding diaryl/α,β-unsaturated/α-hetero) is 1. The molecule has 1 aliphatic heterocycles. The second kappa shape index (κ2) is 10.7. The van der Waals surface area contributed by atoms with E-state index in [9.17, 15) is 14.7 Å². The minimum Gasteiger partial charge on any atom is -0.507 e. The molecule has 0 aliphatic carbocycles. The first kappa shape index (κ1) is 24.5. The molecule has 3 rings (SSSR count). The number of ketones is 1. The summed E-state index contributed by atoms with van der Waals surface area (Å²) in [5, 5.41) is 11.3. The maximum atomic E-state index is 13.1. The minimum absolute atomic E-state index is 0.129. The molecule has 2 aromatic rings. The van der Waals surface area contributed by atoms with Gasteiger partial charge in [-0.3, -0.25) is 9.59 Å². The Morgan fingerprint density at radius 2 is 1.79 bits per heavy atom. The highest BCUT2D eigenvalue weighted by Crippen LogP contribution is 2.39. The van der Waals surface area contributed by atoms with Crippen molar-refractivity contribution < 1.29 is 19.4 Å². The monoisotopic (exact) mass is 450 g/mol. The average Bonchev–Trinajstić information content (AvgIpc) is 3.06. The van der Waals surface area contributed by atoms with E-state index in [1.54, 1.807) is 23.1 Å². The van der Waals surface area contributed by atoms with Gasteiger partial charge < -0.3 is 19.6 Å². The van der Waals surface area contributed by atoms with E-state index >= 15 is 0 Å². The number of ether oxygens (including phenoxy) is 1. The fourth-order valence-corrected chi connectivity index (χ4v) is 4.03. The van der Waals surface area contributed by atoms with Crippen molar-refractivity contribution in [1.82, 2.24) is 9.80 Å². The zero-order chi connectivity index (χ0) is 24.1. The van der Waals surface area contributed by atoms with Gasteiger partial charge in [-0.25, -0.2) is 0 Å². The first-order valence-corrected chi connectivity index (χ1v) is 11.5. The lowest BCUT2D eigenvalue weighted by atomic mass is 9.94. The van der Waals surface area contributed by atoms with E-state index in [-0.39, 0.29) is 11.3 Å². The number of rotatable bonds is 9. The lowest BCUT2D eigenvalue weighted by Gasteiger charge is -2.26. The van der Waals surface area contributed by atoms with Gasteiger partial charge in [0.25, 0.3) is 11.7 Å². The standard InChI is InChI=1S/C27H34N2O4/c1-6-16-33-22-13-12-21(17-18(22)3)25(30)23-24(20-10-8-19(7-2)9-11-20)29(15-14-28(4)5)27(32)26(23)31/h8-13,17,24,30H,6-7,14-16H2,1-5H3/b25-23-. The summed E-state index contributed by atoms with van der Waals surface area (Å²) >= 11 is 0. The molecule has 0 spiro atoms. The highest BCUT2D eigenvalue weighted by Gasteiger charge is 2.45. The molecule has 6 nitrogen and oxygen atoms in total. The highest BCUT2D eigenvalue weighted by molar-refractivity contribution is 6.46. The summed E-state index contributed by atoms with van der Waals surface area (Å²) in [7, 11) is 3.85. The first-order valence-electron chi connectivity index (χ1n) is 11.5. The van der Waals surface area contributed by atoms with E-state index in [2.05, 4.69) is 6.92 Å². The van der Waals surface area contributed by atoms with Crippen LogP contribution in [-0.2, 0) is 16.0 Å². The summed E-state index contributed by atoms with van der Waals surface area (Å²) in [5.74, 6) is -0.649. The van der Waals surface area contributed by atoms with Gasteiger partial charge in [-0.05, 0) is 68.8 Å². The third-order valence-electron chi connectivity index (χ3n) is 5.94. The lowest BCUT2D eigenvalue weighted by molar-refractivity contribution is -0.140. The van der Waals surface area contributed by atoms with Crippen LogP contribution in [0.5, 0.6) is 5.75 Å². The van der Waals surface area contributed by atoms with Crippen molar-refractivity contribution >= 4 is 17.4 Å². The van der Waals surface area contributed by atoms with Gasteiger partial charge in [0.2, 0.25) is 0 Å². The summed E-state index contributed by atoms with van der Waals surface area (Å²) in [6, 6.07) is 12.6. The fraction of sp³-hybridized carbons (Fsp3) is 0.407. The van der Waals surface area contributed by atoms with Crippen molar-refractivity contribution in [3.63, 3.8) is 0 Å². The van der Waals surface area contributed by atoms with Crippen LogP contribution in [-0.4, -0.2) is 60.4 Å². The van der Waals surface area contributed by atoms with Crippen LogP contribution in [0.4, 0.5) is 0 Å². The molecule has 0 aromatic heterocycles. The van der Waals surface area contributed by atoms with Gasteiger partial charge in [-0.1, -0.05) is 38.1 Å². The minimum atomic E-state index is -0.653. The quantitative estimate of drug-likeness (QED) is 0.350. The molecule has 33 heavy (non-hydrogen) atoms. The molecule has 1 saturated heterocycles. The van der Waals surface area contributed by atoms with Crippen LogP contribution in [0.25, 0.3) is 5.76 Å². The first-order chi connectivity index (χ1) is 15.8. The van der Waals surface area contributed by atoms with Gasteiger partial charge in [-0.15, -0.1) is 0 Å². The number of aryl methyl sites for hydroxylation is 2. The molecule has 6 heteroatoms. The average molecular weight is 451 g/mol. The van der Waals surface area contributed by atoms with Crippen LogP contribution in [0, 0.1) is 6.92 Å². The Morgan fingerprint density at radius 3 is 2.36 bits per heavy atom. The number of carbonyl (C=O) groups is 2. The summed E-state index contributed by atoms with van der Waals surface area (Å²) in [6.07, 6.45) is 1.79. The molecule has 1 N–H and O–H groups in total. The smallest absolute Gasteiger partial charge is 0.295 e. The Balaban J connectivity index is 2.09. The Hall–Kier alpha value is -3.12. The molecule has 2 aromatic carbocycles. The Morgan fingerprint density at radius 1 is 1.09 bits per heavy atom. The Labute approximate surface area is 196 Å². The van der Waals surface area contributed by atoms with Crippen molar-refractivity contribution in [2.45, 2.75) is 39.7 Å². The van der Waals surface area contributed by atoms with Gasteiger partial charge in [0, 0.05) is 18.7 Å². The third kappa shape index (κ3) is 5.28. The molecule has 1 atom stereocenters. The van der Waals surface area contributed by atoms with E-state index in [0.717, 1.165) is 29.7 Å². The summed E-state index contributed by atoms with van der Waals surface area (Å²) in [6.45, 7) is 7.62. The largest absolute Gasteiger partial charge is 0.507 e. The maximum absolute atomic E-state index is 13.1. The van der Waals surface area contributed by atoms with E-state index in [4.69, 9.17) is 4.74 Å². The summed E-state index contributed by atoms with van der Waals surface area (Å²) in [5.41, 5.74) is 3.47. The predicted molar refractivity (Wildman–Crippen MR) is 130 cm³/mol. The van der Waals surface area contributed by atoms with Gasteiger partial charge >= 0.3 is 0 Å². The van der Waals surface area contributed by atoms with Gasteiger partial charge in [0.05, 0.1) is 18.2 Å². The van der Waals surface area contributed by atoms with Crippen molar-refractivity contribution in [2.75, 3.05) is 33.8 Å². The van der Waals surface area contributed by atoms with E-state index in [1.165, 1.54) is 5.56 Å². The SMILES string of the molecule is CCCOc1ccc(/C(O)=C2/C(=O)C(=O)N(CCN(C)C)C2c2ccc(CC)cc2)cc1C. The van der Waals surface area contributed by atoms with E-state index in [0.29, 0.717) is 25.3 Å². The summed E-state index contributed by atoms with van der Waals surface area (Å²) in [4.78, 5) is 29.7. The number of hydrogen-bond acceptors (Lipinski definition) is 5. The molecule has 176 valence electrons. The predicted octanol–water partition coefficient (Wildman–Crippen LogP) is 4.33. The number of aliphatic hydroxyl groups is 1. The van der Waals surface area contributed by atoms with Crippen LogP contribution in [0.2, 0.25) is 0 Å². The molecule has 0 saturated carbocycles. The van der Waals surface area contributed by atoms with Crippen molar-refractivity contribution in [1.29, 1.82) is 0 Å². The molecule has 1 aliphatic rings. The van der Waals surface area contributed by atoms with Crippen LogP contribution in [0.15, 0.2) is 48.0 Å². The highest BCUT2D eigenvalue weighted by atomic mass is 16.5. The summed E-state index contributed by atoms with van der Waals surface area (Å²) < 4.78 is 5.74. The zero-order valence-electron chi connectivity index (χ0n) is 20.2. The van der Waals surface area contributed by atoms with Gasteiger partial charge in [0.1, 0.15) is 11.5 Å².